The van der Waals surface area contributed by atoms with Gasteiger partial charge in [0.1, 0.15) is 0 Å². The Balaban J connectivity index is 3.70. The quantitative estimate of drug-likeness (QED) is 0.559. The molecule has 0 spiro atoms. The molecular weight excluding hydrogens is 240 g/mol. The second-order valence-electron chi connectivity index (χ2n) is 4.09. The number of ether oxygens (including phenoxy) is 1. The number of hydrogen-bond acceptors (Lipinski definition) is 4. The number of sulfonamides is 1. The number of nitrogens with zero attached hydrogens (tertiary/aromatic N) is 1. The first-order chi connectivity index (χ1) is 8.04. The van der Waals surface area contributed by atoms with Gasteiger partial charge < -0.3 is 10.1 Å². The van der Waals surface area contributed by atoms with Crippen LogP contribution in [-0.4, -0.2) is 58.9 Å². The monoisotopic (exact) mass is 266 g/mol. The molecule has 0 bridgehead atoms. The summed E-state index contributed by atoms with van der Waals surface area (Å²) in [5.41, 5.74) is 0. The molecule has 0 rings (SSSR count). The minimum atomic E-state index is -3.10. The normalized spacial score (nSPS) is 12.2. The van der Waals surface area contributed by atoms with Gasteiger partial charge in [0.05, 0.1) is 12.4 Å². The zero-order chi connectivity index (χ0) is 13.1. The fourth-order valence-corrected chi connectivity index (χ4v) is 2.58. The maximum atomic E-state index is 11.8. The van der Waals surface area contributed by atoms with Crippen LogP contribution in [0.1, 0.15) is 26.2 Å². The highest BCUT2D eigenvalue weighted by molar-refractivity contribution is 7.89. The van der Waals surface area contributed by atoms with Crippen LogP contribution in [0.25, 0.3) is 0 Å². The molecule has 0 aromatic rings. The number of rotatable bonds is 11. The van der Waals surface area contributed by atoms with Crippen molar-refractivity contribution in [3.63, 3.8) is 0 Å². The molecule has 0 aromatic carbocycles. The minimum Gasteiger partial charge on any atom is -0.383 e. The lowest BCUT2D eigenvalue weighted by atomic mass is 10.3. The van der Waals surface area contributed by atoms with E-state index in [2.05, 4.69) is 12.2 Å². The number of hydrogen-bond donors (Lipinski definition) is 1. The van der Waals surface area contributed by atoms with Gasteiger partial charge in [0.25, 0.3) is 0 Å². The van der Waals surface area contributed by atoms with Crippen LogP contribution in [-0.2, 0) is 14.8 Å². The third kappa shape index (κ3) is 8.54. The van der Waals surface area contributed by atoms with Gasteiger partial charge in [-0.3, -0.25) is 0 Å². The average Bonchev–Trinajstić information content (AvgIpc) is 2.30. The predicted molar refractivity (Wildman–Crippen MR) is 70.7 cm³/mol. The summed E-state index contributed by atoms with van der Waals surface area (Å²) in [4.78, 5) is 0. The molecule has 0 aliphatic rings. The summed E-state index contributed by atoms with van der Waals surface area (Å²) in [7, 11) is 0.0705. The van der Waals surface area contributed by atoms with Gasteiger partial charge in [0, 0.05) is 20.7 Å². The van der Waals surface area contributed by atoms with Crippen molar-refractivity contribution in [3.8, 4) is 0 Å². The second-order valence-corrected chi connectivity index (χ2v) is 6.28. The Kier molecular flexibility index (Phi) is 9.72. The molecule has 0 aliphatic heterocycles. The van der Waals surface area contributed by atoms with Crippen molar-refractivity contribution in [3.05, 3.63) is 0 Å². The van der Waals surface area contributed by atoms with Crippen LogP contribution in [0.3, 0.4) is 0 Å². The van der Waals surface area contributed by atoms with Gasteiger partial charge in [-0.05, 0) is 32.4 Å². The molecular formula is C11H26N2O3S. The maximum absolute atomic E-state index is 11.8. The molecule has 5 nitrogen and oxygen atoms in total. The van der Waals surface area contributed by atoms with Crippen LogP contribution >= 0.6 is 0 Å². The molecule has 0 atom stereocenters. The smallest absolute Gasteiger partial charge is 0.213 e. The zero-order valence-electron chi connectivity index (χ0n) is 11.2. The van der Waals surface area contributed by atoms with Gasteiger partial charge in [0.15, 0.2) is 0 Å². The Hall–Kier alpha value is -0.170. The van der Waals surface area contributed by atoms with Crippen molar-refractivity contribution < 1.29 is 13.2 Å². The molecule has 0 unspecified atom stereocenters. The van der Waals surface area contributed by atoms with Crippen molar-refractivity contribution in [2.75, 3.05) is 46.2 Å². The average molecular weight is 266 g/mol. The van der Waals surface area contributed by atoms with Crippen molar-refractivity contribution in [2.45, 2.75) is 26.2 Å². The van der Waals surface area contributed by atoms with Crippen LogP contribution in [0, 0.1) is 0 Å². The number of likely N-dealkylation sites (N-methyl/N-ethyl adjacent to an activating group) is 1. The van der Waals surface area contributed by atoms with E-state index in [9.17, 15) is 8.42 Å². The summed E-state index contributed by atoms with van der Waals surface area (Å²) >= 11 is 0. The molecule has 104 valence electrons. The van der Waals surface area contributed by atoms with E-state index in [0.717, 1.165) is 25.9 Å². The highest BCUT2D eigenvalue weighted by atomic mass is 32.2. The number of unbranched alkanes of at least 4 members (excludes halogenated alkanes) is 1. The Labute approximate surface area is 106 Å². The first-order valence-electron chi connectivity index (χ1n) is 6.18. The van der Waals surface area contributed by atoms with E-state index in [0.29, 0.717) is 19.6 Å². The molecule has 0 amide bonds. The maximum Gasteiger partial charge on any atom is 0.213 e. The van der Waals surface area contributed by atoms with E-state index in [1.807, 2.05) is 0 Å². The van der Waals surface area contributed by atoms with Gasteiger partial charge >= 0.3 is 0 Å². The topological polar surface area (TPSA) is 58.6 Å². The van der Waals surface area contributed by atoms with Gasteiger partial charge in [0.2, 0.25) is 10.0 Å². The van der Waals surface area contributed by atoms with E-state index in [-0.39, 0.29) is 5.75 Å². The number of nitrogens with one attached hydrogen (secondary N) is 1. The summed E-state index contributed by atoms with van der Waals surface area (Å²) in [6, 6.07) is 0. The largest absolute Gasteiger partial charge is 0.383 e. The number of methoxy groups -OCH3 is 1. The van der Waals surface area contributed by atoms with Crippen LogP contribution in [0.4, 0.5) is 0 Å². The third-order valence-corrected chi connectivity index (χ3v) is 4.45. The van der Waals surface area contributed by atoms with Crippen LogP contribution in [0.5, 0.6) is 0 Å². The van der Waals surface area contributed by atoms with Crippen LogP contribution in [0.15, 0.2) is 0 Å². The Morgan fingerprint density at radius 2 is 1.94 bits per heavy atom. The van der Waals surface area contributed by atoms with E-state index in [1.54, 1.807) is 14.2 Å². The highest BCUT2D eigenvalue weighted by Crippen LogP contribution is 2.02. The summed E-state index contributed by atoms with van der Waals surface area (Å²) in [5, 5.41) is 3.26. The minimum absolute atomic E-state index is 0.223. The zero-order valence-corrected chi connectivity index (χ0v) is 12.1. The summed E-state index contributed by atoms with van der Waals surface area (Å²) in [6.07, 6.45) is 2.71. The Bertz CT molecular complexity index is 268. The van der Waals surface area contributed by atoms with Crippen molar-refractivity contribution in [1.29, 1.82) is 0 Å². The van der Waals surface area contributed by atoms with Crippen LogP contribution in [0.2, 0.25) is 0 Å². The van der Waals surface area contributed by atoms with Crippen molar-refractivity contribution in [2.24, 2.45) is 0 Å². The summed E-state index contributed by atoms with van der Waals surface area (Å²) < 4.78 is 29.8. The SMILES string of the molecule is CCCNCCCCS(=O)(=O)N(C)CCOC. The molecule has 0 aromatic heterocycles. The summed E-state index contributed by atoms with van der Waals surface area (Å²) in [5.74, 6) is 0.223. The highest BCUT2D eigenvalue weighted by Gasteiger charge is 2.16. The standard InChI is InChI=1S/C11H26N2O3S/c1-4-7-12-8-5-6-11-17(14,15)13(2)9-10-16-3/h12H,4-11H2,1-3H3. The molecule has 6 heteroatoms. The van der Waals surface area contributed by atoms with Gasteiger partial charge in [-0.2, -0.15) is 0 Å². The second kappa shape index (κ2) is 9.82. The van der Waals surface area contributed by atoms with Gasteiger partial charge in [-0.25, -0.2) is 12.7 Å². The Morgan fingerprint density at radius 1 is 1.24 bits per heavy atom. The molecule has 0 fully saturated rings. The fraction of sp³-hybridized carbons (Fsp3) is 1.00. The van der Waals surface area contributed by atoms with E-state index in [4.69, 9.17) is 4.74 Å². The lowest BCUT2D eigenvalue weighted by Gasteiger charge is -2.16. The molecule has 0 saturated heterocycles. The predicted octanol–water partition coefficient (Wildman–Crippen LogP) is 0.674. The van der Waals surface area contributed by atoms with E-state index in [1.165, 1.54) is 4.31 Å². The fourth-order valence-electron chi connectivity index (χ4n) is 1.35. The lowest BCUT2D eigenvalue weighted by molar-refractivity contribution is 0.185. The molecule has 0 radical (unpaired) electrons. The summed E-state index contributed by atoms with van der Waals surface area (Å²) in [6.45, 7) is 4.87. The van der Waals surface area contributed by atoms with E-state index >= 15 is 0 Å². The molecule has 0 saturated carbocycles. The van der Waals surface area contributed by atoms with Gasteiger partial charge in [-0.15, -0.1) is 0 Å². The molecule has 0 aliphatic carbocycles. The lowest BCUT2D eigenvalue weighted by Crippen LogP contribution is -2.32. The Morgan fingerprint density at radius 3 is 2.53 bits per heavy atom. The third-order valence-electron chi connectivity index (χ3n) is 2.52. The van der Waals surface area contributed by atoms with Crippen LogP contribution < -0.4 is 5.32 Å². The first-order valence-corrected chi connectivity index (χ1v) is 7.79. The molecule has 0 heterocycles. The van der Waals surface area contributed by atoms with Crippen molar-refractivity contribution >= 4 is 10.0 Å². The first kappa shape index (κ1) is 16.8. The molecule has 17 heavy (non-hydrogen) atoms. The van der Waals surface area contributed by atoms with Crippen molar-refractivity contribution in [1.82, 2.24) is 9.62 Å². The molecule has 1 N–H and O–H groups in total. The van der Waals surface area contributed by atoms with E-state index < -0.39 is 10.0 Å². The van der Waals surface area contributed by atoms with Gasteiger partial charge in [-0.1, -0.05) is 6.92 Å².